The molecule has 2 aliphatic rings. The minimum Gasteiger partial charge on any atom is -0.395 e. The summed E-state index contributed by atoms with van der Waals surface area (Å²) in [7, 11) is 0. The van der Waals surface area contributed by atoms with Crippen LogP contribution in [0.5, 0.6) is 0 Å². The van der Waals surface area contributed by atoms with Gasteiger partial charge in [0.05, 0.1) is 19.8 Å². The molecule has 3 rings (SSSR count). The average Bonchev–Trinajstić information content (AvgIpc) is 2.95. The lowest BCUT2D eigenvalue weighted by atomic mass is 9.93. The third-order valence-electron chi connectivity index (χ3n) is 4.57. The largest absolute Gasteiger partial charge is 0.395 e. The van der Waals surface area contributed by atoms with Crippen molar-refractivity contribution < 1.29 is 14.6 Å². The standard InChI is InChI=1S/C16H23NO3/c1-13(14-5-3-2-4-6-14)17-8-7-16(11-15(17)12-18)19-9-10-20-16/h2-6,13,15,18H,7-12H2,1H3/t13-,15?/m0/s1. The highest BCUT2D eigenvalue weighted by Crippen LogP contribution is 2.37. The van der Waals surface area contributed by atoms with Crippen LogP contribution in [0.4, 0.5) is 0 Å². The smallest absolute Gasteiger partial charge is 0.171 e. The molecule has 0 radical (unpaired) electrons. The molecule has 20 heavy (non-hydrogen) atoms. The van der Waals surface area contributed by atoms with Gasteiger partial charge in [0.25, 0.3) is 0 Å². The van der Waals surface area contributed by atoms with E-state index in [1.807, 2.05) is 6.07 Å². The van der Waals surface area contributed by atoms with Crippen molar-refractivity contribution in [3.8, 4) is 0 Å². The third-order valence-corrected chi connectivity index (χ3v) is 4.57. The predicted molar refractivity (Wildman–Crippen MR) is 76.3 cm³/mol. The van der Waals surface area contributed by atoms with Crippen LogP contribution in [0.15, 0.2) is 30.3 Å². The van der Waals surface area contributed by atoms with E-state index in [1.54, 1.807) is 0 Å². The second-order valence-corrected chi connectivity index (χ2v) is 5.72. The summed E-state index contributed by atoms with van der Waals surface area (Å²) in [6.45, 7) is 4.58. The molecule has 1 unspecified atom stereocenters. The maximum Gasteiger partial charge on any atom is 0.171 e. The Morgan fingerprint density at radius 2 is 2.00 bits per heavy atom. The maximum absolute atomic E-state index is 9.75. The minimum atomic E-state index is -0.444. The van der Waals surface area contributed by atoms with Crippen molar-refractivity contribution in [1.29, 1.82) is 0 Å². The normalized spacial score (nSPS) is 27.8. The first-order valence-corrected chi connectivity index (χ1v) is 7.43. The first-order chi connectivity index (χ1) is 9.74. The molecule has 2 heterocycles. The van der Waals surface area contributed by atoms with Gasteiger partial charge >= 0.3 is 0 Å². The fourth-order valence-electron chi connectivity index (χ4n) is 3.42. The number of benzene rings is 1. The molecule has 2 aliphatic heterocycles. The second kappa shape index (κ2) is 5.82. The molecule has 0 saturated carbocycles. The van der Waals surface area contributed by atoms with Crippen molar-refractivity contribution >= 4 is 0 Å². The zero-order valence-electron chi connectivity index (χ0n) is 12.0. The van der Waals surface area contributed by atoms with Gasteiger partial charge in [-0.25, -0.2) is 0 Å². The van der Waals surface area contributed by atoms with Crippen molar-refractivity contribution in [3.05, 3.63) is 35.9 Å². The summed E-state index contributed by atoms with van der Waals surface area (Å²) in [6.07, 6.45) is 1.63. The summed E-state index contributed by atoms with van der Waals surface area (Å²) >= 11 is 0. The lowest BCUT2D eigenvalue weighted by molar-refractivity contribution is -0.203. The highest BCUT2D eigenvalue weighted by Gasteiger charge is 2.45. The first-order valence-electron chi connectivity index (χ1n) is 7.43. The number of aliphatic hydroxyl groups excluding tert-OH is 1. The summed E-state index contributed by atoms with van der Waals surface area (Å²) in [5.74, 6) is -0.444. The fraction of sp³-hybridized carbons (Fsp3) is 0.625. The Labute approximate surface area is 120 Å². The number of rotatable bonds is 3. The molecule has 4 nitrogen and oxygen atoms in total. The van der Waals surface area contributed by atoms with E-state index in [0.717, 1.165) is 19.4 Å². The van der Waals surface area contributed by atoms with Crippen LogP contribution in [0.1, 0.15) is 31.4 Å². The van der Waals surface area contributed by atoms with Crippen molar-refractivity contribution in [1.82, 2.24) is 4.90 Å². The summed E-state index contributed by atoms with van der Waals surface area (Å²) in [5, 5.41) is 9.75. The van der Waals surface area contributed by atoms with Gasteiger partial charge in [0.2, 0.25) is 0 Å². The molecular weight excluding hydrogens is 254 g/mol. The van der Waals surface area contributed by atoms with Gasteiger partial charge in [-0.1, -0.05) is 30.3 Å². The lowest BCUT2D eigenvalue weighted by Gasteiger charge is -2.45. The number of hydrogen-bond acceptors (Lipinski definition) is 4. The summed E-state index contributed by atoms with van der Waals surface area (Å²) in [4.78, 5) is 2.37. The van der Waals surface area contributed by atoms with E-state index in [4.69, 9.17) is 9.47 Å². The third kappa shape index (κ3) is 2.61. The number of piperidine rings is 1. The Hall–Kier alpha value is -0.940. The molecule has 0 amide bonds. The van der Waals surface area contributed by atoms with Crippen molar-refractivity contribution in [2.45, 2.75) is 37.6 Å². The zero-order chi connectivity index (χ0) is 14.0. The fourth-order valence-corrected chi connectivity index (χ4v) is 3.42. The van der Waals surface area contributed by atoms with E-state index in [1.165, 1.54) is 5.56 Å². The Balaban J connectivity index is 1.74. The summed E-state index contributed by atoms with van der Waals surface area (Å²) < 4.78 is 11.6. The average molecular weight is 277 g/mol. The van der Waals surface area contributed by atoms with Crippen LogP contribution >= 0.6 is 0 Å². The van der Waals surface area contributed by atoms with E-state index >= 15 is 0 Å². The molecule has 4 heteroatoms. The van der Waals surface area contributed by atoms with E-state index in [2.05, 4.69) is 36.1 Å². The number of ether oxygens (including phenoxy) is 2. The van der Waals surface area contributed by atoms with Gasteiger partial charge in [0, 0.05) is 31.5 Å². The highest BCUT2D eigenvalue weighted by molar-refractivity contribution is 5.19. The van der Waals surface area contributed by atoms with Gasteiger partial charge < -0.3 is 14.6 Å². The summed E-state index contributed by atoms with van der Waals surface area (Å²) in [5.41, 5.74) is 1.29. The number of nitrogens with zero attached hydrogens (tertiary/aromatic N) is 1. The molecule has 0 aliphatic carbocycles. The van der Waals surface area contributed by atoms with E-state index in [0.29, 0.717) is 19.3 Å². The molecule has 2 fully saturated rings. The van der Waals surface area contributed by atoms with Crippen LogP contribution in [0.2, 0.25) is 0 Å². The van der Waals surface area contributed by atoms with Gasteiger partial charge in [-0.2, -0.15) is 0 Å². The Bertz CT molecular complexity index is 431. The van der Waals surface area contributed by atoms with Crippen LogP contribution in [0, 0.1) is 0 Å². The molecule has 2 saturated heterocycles. The van der Waals surface area contributed by atoms with Gasteiger partial charge in [-0.05, 0) is 12.5 Å². The van der Waals surface area contributed by atoms with Crippen LogP contribution in [0.25, 0.3) is 0 Å². The molecule has 1 aromatic rings. The quantitative estimate of drug-likeness (QED) is 0.917. The van der Waals surface area contributed by atoms with Crippen molar-refractivity contribution in [3.63, 3.8) is 0 Å². The van der Waals surface area contributed by atoms with Crippen molar-refractivity contribution in [2.24, 2.45) is 0 Å². The highest BCUT2D eigenvalue weighted by atomic mass is 16.7. The molecule has 0 aromatic heterocycles. The van der Waals surface area contributed by atoms with Gasteiger partial charge in [-0.3, -0.25) is 4.90 Å². The molecule has 0 bridgehead atoms. The van der Waals surface area contributed by atoms with Gasteiger partial charge in [-0.15, -0.1) is 0 Å². The Kier molecular flexibility index (Phi) is 4.08. The second-order valence-electron chi connectivity index (χ2n) is 5.72. The topological polar surface area (TPSA) is 41.9 Å². The van der Waals surface area contributed by atoms with E-state index in [9.17, 15) is 5.11 Å². The van der Waals surface area contributed by atoms with Crippen molar-refractivity contribution in [2.75, 3.05) is 26.4 Å². The Morgan fingerprint density at radius 3 is 2.65 bits per heavy atom. The minimum absolute atomic E-state index is 0.0945. The lowest BCUT2D eigenvalue weighted by Crippen LogP contribution is -2.53. The number of hydrogen-bond donors (Lipinski definition) is 1. The molecule has 1 spiro atoms. The van der Waals surface area contributed by atoms with E-state index < -0.39 is 5.79 Å². The SMILES string of the molecule is C[C@@H](c1ccccc1)N1CCC2(CC1CO)OCCO2. The van der Waals surface area contributed by atoms with Crippen LogP contribution < -0.4 is 0 Å². The Morgan fingerprint density at radius 1 is 1.30 bits per heavy atom. The van der Waals surface area contributed by atoms with Crippen LogP contribution in [0.3, 0.4) is 0 Å². The first kappa shape index (κ1) is 14.0. The summed E-state index contributed by atoms with van der Waals surface area (Å²) in [6, 6.07) is 10.8. The number of likely N-dealkylation sites (tertiary alicyclic amines) is 1. The zero-order valence-corrected chi connectivity index (χ0v) is 12.0. The monoisotopic (exact) mass is 277 g/mol. The maximum atomic E-state index is 9.75. The number of aliphatic hydroxyl groups is 1. The van der Waals surface area contributed by atoms with E-state index in [-0.39, 0.29) is 12.6 Å². The van der Waals surface area contributed by atoms with Crippen LogP contribution in [-0.4, -0.2) is 48.2 Å². The predicted octanol–water partition coefficient (Wildman–Crippen LogP) is 1.95. The molecule has 1 N–H and O–H groups in total. The molecular formula is C16H23NO3. The molecule has 1 aromatic carbocycles. The van der Waals surface area contributed by atoms with Gasteiger partial charge in [0.1, 0.15) is 0 Å². The van der Waals surface area contributed by atoms with Gasteiger partial charge in [0.15, 0.2) is 5.79 Å². The molecule has 110 valence electrons. The molecule has 2 atom stereocenters. The van der Waals surface area contributed by atoms with Crippen LogP contribution in [-0.2, 0) is 9.47 Å².